The van der Waals surface area contributed by atoms with E-state index in [1.807, 2.05) is 7.05 Å². The van der Waals surface area contributed by atoms with E-state index in [4.69, 9.17) is 9.47 Å². The van der Waals surface area contributed by atoms with Crippen molar-refractivity contribution in [2.45, 2.75) is 44.9 Å². The Bertz CT molecular complexity index is 883. The number of hydrogen-bond donors (Lipinski definition) is 2. The first-order valence-corrected chi connectivity index (χ1v) is 10.8. The summed E-state index contributed by atoms with van der Waals surface area (Å²) in [7, 11) is 3.54. The van der Waals surface area contributed by atoms with E-state index in [1.165, 1.54) is 11.3 Å². The quantitative estimate of drug-likeness (QED) is 0.344. The molecule has 31 heavy (non-hydrogen) atoms. The average molecular weight is 536 g/mol. The van der Waals surface area contributed by atoms with Crippen LogP contribution in [0.5, 0.6) is 11.5 Å². The van der Waals surface area contributed by atoms with Gasteiger partial charge in [0.25, 0.3) is 0 Å². The van der Waals surface area contributed by atoms with Gasteiger partial charge in [-0.05, 0) is 44.0 Å². The summed E-state index contributed by atoms with van der Waals surface area (Å²) in [6.07, 6.45) is 3.33. The van der Waals surface area contributed by atoms with E-state index in [1.54, 1.807) is 7.11 Å². The molecule has 0 spiro atoms. The monoisotopic (exact) mass is 536 g/mol. The minimum Gasteiger partial charge on any atom is -0.496 e. The number of nitrogens with one attached hydrogen (secondary N) is 2. The molecule has 1 unspecified atom stereocenters. The van der Waals surface area contributed by atoms with E-state index in [2.05, 4.69) is 69.9 Å². The second kappa shape index (κ2) is 10.9. The molecule has 1 fully saturated rings. The lowest BCUT2D eigenvalue weighted by atomic mass is 10.0. The number of benzene rings is 2. The minimum atomic E-state index is 0. The minimum absolute atomic E-state index is 0. The summed E-state index contributed by atoms with van der Waals surface area (Å²) in [5.41, 5.74) is 3.60. The molecule has 0 aromatic heterocycles. The molecular weight excluding hydrogens is 503 g/mol. The molecule has 2 aromatic rings. The fourth-order valence-electron chi connectivity index (χ4n) is 4.30. The fourth-order valence-corrected chi connectivity index (χ4v) is 4.30. The third-order valence-electron chi connectivity index (χ3n) is 5.93. The lowest BCUT2D eigenvalue weighted by Crippen LogP contribution is -2.48. The van der Waals surface area contributed by atoms with Gasteiger partial charge in [0.15, 0.2) is 5.96 Å². The molecule has 7 heteroatoms. The van der Waals surface area contributed by atoms with E-state index >= 15 is 0 Å². The number of nitrogens with zero attached hydrogens (tertiary/aromatic N) is 2. The summed E-state index contributed by atoms with van der Waals surface area (Å²) in [4.78, 5) is 6.87. The lowest BCUT2D eigenvalue weighted by molar-refractivity contribution is 0.254. The van der Waals surface area contributed by atoms with Crippen LogP contribution < -0.4 is 25.0 Å². The van der Waals surface area contributed by atoms with Gasteiger partial charge in [-0.2, -0.15) is 0 Å². The highest BCUT2D eigenvalue weighted by Crippen LogP contribution is 2.34. The maximum Gasteiger partial charge on any atom is 0.191 e. The largest absolute Gasteiger partial charge is 0.496 e. The predicted molar refractivity (Wildman–Crippen MR) is 137 cm³/mol. The van der Waals surface area contributed by atoms with Crippen LogP contribution in [0.2, 0.25) is 0 Å². The normalized spacial score (nSPS) is 18.6. The van der Waals surface area contributed by atoms with Crippen LogP contribution >= 0.6 is 24.0 Å². The topological polar surface area (TPSA) is 58.1 Å². The van der Waals surface area contributed by atoms with Crippen molar-refractivity contribution in [2.75, 3.05) is 32.1 Å². The maximum absolute atomic E-state index is 5.91. The number of halogens is 1. The Labute approximate surface area is 202 Å². The molecule has 2 N–H and O–H groups in total. The first-order valence-electron chi connectivity index (χ1n) is 10.8. The van der Waals surface area contributed by atoms with Gasteiger partial charge in [0.2, 0.25) is 0 Å². The van der Waals surface area contributed by atoms with Crippen molar-refractivity contribution in [1.82, 2.24) is 10.6 Å². The van der Waals surface area contributed by atoms with Gasteiger partial charge in [0, 0.05) is 56.0 Å². The van der Waals surface area contributed by atoms with Crippen LogP contribution in [-0.2, 0) is 13.0 Å². The van der Waals surface area contributed by atoms with Crippen LogP contribution in [0, 0.1) is 0 Å². The number of guanidine groups is 1. The number of ether oxygens (including phenoxy) is 2. The molecule has 6 nitrogen and oxygen atoms in total. The molecular formula is C24H33IN4O2. The van der Waals surface area contributed by atoms with Gasteiger partial charge in [-0.1, -0.05) is 18.2 Å². The molecule has 0 radical (unpaired) electrons. The van der Waals surface area contributed by atoms with Gasteiger partial charge in [0.1, 0.15) is 17.6 Å². The van der Waals surface area contributed by atoms with Gasteiger partial charge in [0.05, 0.1) is 7.11 Å². The van der Waals surface area contributed by atoms with Gasteiger partial charge in [-0.3, -0.25) is 4.99 Å². The van der Waals surface area contributed by atoms with E-state index < -0.39 is 0 Å². The molecule has 1 saturated heterocycles. The van der Waals surface area contributed by atoms with Crippen LogP contribution in [0.4, 0.5) is 5.69 Å². The molecule has 2 aliphatic rings. The number of anilines is 1. The van der Waals surface area contributed by atoms with Crippen molar-refractivity contribution in [3.8, 4) is 11.5 Å². The maximum atomic E-state index is 5.91. The Balaban J connectivity index is 0.00000272. The summed E-state index contributed by atoms with van der Waals surface area (Å²) >= 11 is 0. The Kier molecular flexibility index (Phi) is 8.28. The first kappa shape index (κ1) is 23.5. The van der Waals surface area contributed by atoms with Gasteiger partial charge in [-0.25, -0.2) is 0 Å². The van der Waals surface area contributed by atoms with Crippen molar-refractivity contribution >= 4 is 35.6 Å². The van der Waals surface area contributed by atoms with E-state index in [9.17, 15) is 0 Å². The predicted octanol–water partition coefficient (Wildman–Crippen LogP) is 3.97. The van der Waals surface area contributed by atoms with E-state index in [0.29, 0.717) is 12.6 Å². The summed E-state index contributed by atoms with van der Waals surface area (Å²) in [6, 6.07) is 15.3. The van der Waals surface area contributed by atoms with Crippen LogP contribution in [0.1, 0.15) is 30.9 Å². The van der Waals surface area contributed by atoms with Crippen LogP contribution in [0.25, 0.3) is 0 Å². The molecule has 4 rings (SSSR count). The Hall–Kier alpha value is -2.16. The Morgan fingerprint density at radius 1 is 1.19 bits per heavy atom. The lowest BCUT2D eigenvalue weighted by Gasteiger charge is -2.34. The third-order valence-corrected chi connectivity index (χ3v) is 5.93. The zero-order valence-electron chi connectivity index (χ0n) is 18.6. The number of piperidine rings is 1. The zero-order chi connectivity index (χ0) is 20.9. The highest BCUT2D eigenvalue weighted by molar-refractivity contribution is 14.0. The van der Waals surface area contributed by atoms with Gasteiger partial charge in [-0.15, -0.1) is 24.0 Å². The number of rotatable bonds is 5. The molecule has 0 saturated carbocycles. The highest BCUT2D eigenvalue weighted by atomic mass is 127. The molecule has 0 aliphatic carbocycles. The molecule has 0 amide bonds. The first-order chi connectivity index (χ1) is 14.7. The third kappa shape index (κ3) is 5.75. The highest BCUT2D eigenvalue weighted by Gasteiger charge is 2.23. The average Bonchev–Trinajstić information content (AvgIpc) is 3.15. The summed E-state index contributed by atoms with van der Waals surface area (Å²) in [6.45, 7) is 4.83. The van der Waals surface area contributed by atoms with Crippen molar-refractivity contribution in [3.63, 3.8) is 0 Å². The Morgan fingerprint density at radius 3 is 2.61 bits per heavy atom. The molecule has 0 bridgehead atoms. The Morgan fingerprint density at radius 2 is 1.94 bits per heavy atom. The second-order valence-electron chi connectivity index (χ2n) is 8.07. The summed E-state index contributed by atoms with van der Waals surface area (Å²) < 4.78 is 11.5. The summed E-state index contributed by atoms with van der Waals surface area (Å²) in [5.74, 6) is 2.69. The molecule has 2 aliphatic heterocycles. The number of para-hydroxylation sites is 1. The number of fused-ring (bicyclic) bond motifs is 1. The number of methoxy groups -OCH3 is 1. The standard InChI is InChI=1S/C24H32N4O2.HI/c1-17-13-18-14-22(29-3)19(15-23(18)30-17)16-26-24(25-2)27-20-9-11-28(12-10-20)21-7-5-4-6-8-21;/h4-8,14-15,17,20H,9-13,16H2,1-3H3,(H2,25,26,27);1H. The number of aliphatic imine (C=N–C) groups is 1. The van der Waals surface area contributed by atoms with Crippen molar-refractivity contribution in [1.29, 1.82) is 0 Å². The van der Waals surface area contributed by atoms with Crippen molar-refractivity contribution in [2.24, 2.45) is 4.99 Å². The van der Waals surface area contributed by atoms with Crippen LogP contribution in [-0.4, -0.2) is 45.4 Å². The molecule has 2 aromatic carbocycles. The molecule has 2 heterocycles. The molecule has 1 atom stereocenters. The van der Waals surface area contributed by atoms with Gasteiger partial charge < -0.3 is 25.0 Å². The zero-order valence-corrected chi connectivity index (χ0v) is 20.9. The van der Waals surface area contributed by atoms with Gasteiger partial charge >= 0.3 is 0 Å². The summed E-state index contributed by atoms with van der Waals surface area (Å²) in [5, 5.41) is 7.03. The smallest absolute Gasteiger partial charge is 0.191 e. The van der Waals surface area contributed by atoms with E-state index in [0.717, 1.165) is 55.4 Å². The van der Waals surface area contributed by atoms with Crippen LogP contribution in [0.15, 0.2) is 47.5 Å². The molecule has 168 valence electrons. The second-order valence-corrected chi connectivity index (χ2v) is 8.07. The van der Waals surface area contributed by atoms with Crippen molar-refractivity contribution in [3.05, 3.63) is 53.6 Å². The number of hydrogen-bond acceptors (Lipinski definition) is 4. The van der Waals surface area contributed by atoms with E-state index in [-0.39, 0.29) is 30.1 Å². The fraction of sp³-hybridized carbons (Fsp3) is 0.458. The van der Waals surface area contributed by atoms with Crippen LogP contribution in [0.3, 0.4) is 0 Å². The SMILES string of the molecule is CN=C(NCc1cc2c(cc1OC)CC(C)O2)NC1CCN(c2ccccc2)CC1.I. The van der Waals surface area contributed by atoms with Crippen molar-refractivity contribution < 1.29 is 9.47 Å².